The van der Waals surface area contributed by atoms with Gasteiger partial charge in [-0.3, -0.25) is 6.08 Å². The van der Waals surface area contributed by atoms with Crippen LogP contribution in [-0.2, 0) is 25.6 Å². The number of allylic oxidation sites excluding steroid dienone is 4. The summed E-state index contributed by atoms with van der Waals surface area (Å²) in [4.78, 5) is 0. The van der Waals surface area contributed by atoms with Crippen molar-refractivity contribution in [1.82, 2.24) is 0 Å². The standard InChI is InChI=1S/C13H9.C9H13.2CH3.Si.Ti/c1-3-7-12-10(5-1)9-11-6-2-4-8-13(11)12;1-3-8-5-6-9(4-2)7-8;;;;/h1-5,7-8H,9H2;5-6,8H,3-4H2,1-2H3;2*1H3;;/q4*-1;;. The molecule has 0 amide bonds. The summed E-state index contributed by atoms with van der Waals surface area (Å²) in [5.41, 5.74) is 6.89. The fraction of sp³-hybridized carbons (Fsp3) is 0.250. The van der Waals surface area contributed by atoms with Gasteiger partial charge in [0.05, 0.1) is 0 Å². The van der Waals surface area contributed by atoms with E-state index in [0.29, 0.717) is 5.92 Å². The van der Waals surface area contributed by atoms with Crippen molar-refractivity contribution in [1.29, 1.82) is 0 Å². The van der Waals surface area contributed by atoms with Gasteiger partial charge in [0.1, 0.15) is 0 Å². The SMILES string of the molecule is CCC1=[C-]C(CC)C=C1.[CH3-].[CH3-].[Si]=[Ti].[c-]1cccc2c1Cc1ccccc1-2. The zero-order chi connectivity index (χ0) is 17.4. The third kappa shape index (κ3) is 6.23. The van der Waals surface area contributed by atoms with E-state index in [2.05, 4.69) is 82.2 Å². The van der Waals surface area contributed by atoms with Gasteiger partial charge in [-0.05, 0) is 6.42 Å². The fourth-order valence-corrected chi connectivity index (χ4v) is 3.02. The molecule has 2 aromatic carbocycles. The number of benzene rings is 2. The van der Waals surface area contributed by atoms with Gasteiger partial charge in [0, 0.05) is 0 Å². The van der Waals surface area contributed by atoms with E-state index in [4.69, 9.17) is 0 Å². The number of fused-ring (bicyclic) bond motifs is 3. The van der Waals surface area contributed by atoms with Crippen LogP contribution in [0.3, 0.4) is 0 Å². The van der Waals surface area contributed by atoms with Crippen molar-refractivity contribution in [3.05, 3.63) is 98.3 Å². The van der Waals surface area contributed by atoms with Crippen LogP contribution in [0.5, 0.6) is 0 Å². The Morgan fingerprint density at radius 3 is 2.35 bits per heavy atom. The van der Waals surface area contributed by atoms with Crippen molar-refractivity contribution >= 4 is 7.63 Å². The minimum Gasteiger partial charge on any atom is -0.179 e. The largest absolute Gasteiger partial charge is 0.179 e. The molecule has 0 nitrogen and oxygen atoms in total. The molecule has 1 unspecified atom stereocenters. The summed E-state index contributed by atoms with van der Waals surface area (Å²) in [6.45, 7) is 4.37. The first-order valence-electron chi connectivity index (χ1n) is 8.45. The molecule has 2 aromatic rings. The van der Waals surface area contributed by atoms with Crippen molar-refractivity contribution in [2.45, 2.75) is 33.1 Å². The quantitative estimate of drug-likeness (QED) is 0.355. The van der Waals surface area contributed by atoms with Gasteiger partial charge in [-0.25, -0.2) is 11.6 Å². The molecular formula is C24H28SiTi-4. The first-order valence-corrected chi connectivity index (χ1v) is 11.3. The molecule has 0 aromatic heterocycles. The predicted molar refractivity (Wildman–Crippen MR) is 112 cm³/mol. The summed E-state index contributed by atoms with van der Waals surface area (Å²) in [6.07, 6.45) is 11.2. The van der Waals surface area contributed by atoms with E-state index in [1.165, 1.54) is 34.2 Å². The Hall–Kier alpha value is -1.15. The smallest absolute Gasteiger partial charge is 0.0253 e. The van der Waals surface area contributed by atoms with Crippen LogP contribution >= 0.6 is 0 Å². The van der Waals surface area contributed by atoms with Crippen LogP contribution < -0.4 is 0 Å². The van der Waals surface area contributed by atoms with Crippen LogP contribution in [0.2, 0.25) is 0 Å². The molecule has 136 valence electrons. The van der Waals surface area contributed by atoms with Gasteiger partial charge < -0.3 is 14.9 Å². The van der Waals surface area contributed by atoms with Crippen LogP contribution in [0, 0.1) is 32.9 Å². The summed E-state index contributed by atoms with van der Waals surface area (Å²) >= 11 is 1.81. The molecular weight excluding hydrogens is 364 g/mol. The summed E-state index contributed by atoms with van der Waals surface area (Å²) in [5, 5.41) is 0. The number of hydrogen-bond donors (Lipinski definition) is 0. The van der Waals surface area contributed by atoms with Crippen LogP contribution in [-0.4, -0.2) is 7.63 Å². The van der Waals surface area contributed by atoms with Crippen LogP contribution in [0.1, 0.15) is 37.8 Å². The maximum atomic E-state index is 3.40. The third-order valence-electron chi connectivity index (χ3n) is 4.34. The van der Waals surface area contributed by atoms with Crippen LogP contribution in [0.4, 0.5) is 0 Å². The molecule has 2 aliphatic rings. The Morgan fingerprint density at radius 1 is 1.04 bits per heavy atom. The van der Waals surface area contributed by atoms with E-state index in [1.807, 2.05) is 6.07 Å². The fourth-order valence-electron chi connectivity index (χ4n) is 3.02. The van der Waals surface area contributed by atoms with Crippen LogP contribution in [0.25, 0.3) is 11.1 Å². The molecule has 0 bridgehead atoms. The second-order valence-corrected chi connectivity index (χ2v) is 5.79. The molecule has 0 aliphatic heterocycles. The molecule has 0 spiro atoms. The van der Waals surface area contributed by atoms with Crippen molar-refractivity contribution in [3.8, 4) is 11.1 Å². The summed E-state index contributed by atoms with van der Waals surface area (Å²) in [7, 11) is 2.97. The molecule has 0 heterocycles. The molecule has 1 atom stereocenters. The number of hydrogen-bond acceptors (Lipinski definition) is 0. The maximum Gasteiger partial charge on any atom is -0.0253 e. The number of rotatable bonds is 2. The van der Waals surface area contributed by atoms with Gasteiger partial charge in [0.15, 0.2) is 0 Å². The van der Waals surface area contributed by atoms with Crippen LogP contribution in [0.15, 0.2) is 60.2 Å². The van der Waals surface area contributed by atoms with Crippen molar-refractivity contribution in [3.63, 3.8) is 0 Å². The summed E-state index contributed by atoms with van der Waals surface area (Å²) in [6, 6.07) is 18.1. The van der Waals surface area contributed by atoms with E-state index in [1.54, 1.807) is 19.2 Å². The average molecular weight is 392 g/mol. The molecule has 26 heavy (non-hydrogen) atoms. The van der Waals surface area contributed by atoms with Gasteiger partial charge in [-0.2, -0.15) is 35.9 Å². The van der Waals surface area contributed by atoms with Gasteiger partial charge >= 0.3 is 26.8 Å². The molecule has 4 rings (SSSR count). The zero-order valence-electron chi connectivity index (χ0n) is 16.4. The average Bonchev–Trinajstić information content (AvgIpc) is 3.28. The van der Waals surface area contributed by atoms with E-state index >= 15 is 0 Å². The third-order valence-corrected chi connectivity index (χ3v) is 4.34. The van der Waals surface area contributed by atoms with E-state index < -0.39 is 0 Å². The Kier molecular flexibility index (Phi) is 12.5. The summed E-state index contributed by atoms with van der Waals surface area (Å²) in [5.74, 6) is 0.611. The first-order chi connectivity index (χ1) is 11.8. The minimum absolute atomic E-state index is 0. The van der Waals surface area contributed by atoms with Gasteiger partial charge in [-0.15, -0.1) is 5.56 Å². The van der Waals surface area contributed by atoms with E-state index in [9.17, 15) is 0 Å². The van der Waals surface area contributed by atoms with E-state index in [0.717, 1.165) is 12.8 Å². The topological polar surface area (TPSA) is 0 Å². The van der Waals surface area contributed by atoms with Gasteiger partial charge in [0.25, 0.3) is 0 Å². The Bertz CT molecular complexity index is 687. The molecule has 2 radical (unpaired) electrons. The second-order valence-electron chi connectivity index (χ2n) is 5.79. The summed E-state index contributed by atoms with van der Waals surface area (Å²) < 4.78 is 0. The first kappa shape index (κ1) is 24.9. The van der Waals surface area contributed by atoms with E-state index in [-0.39, 0.29) is 14.9 Å². The molecule has 0 saturated carbocycles. The molecule has 0 N–H and O–H groups in total. The molecule has 0 saturated heterocycles. The van der Waals surface area contributed by atoms with Gasteiger partial charge in [0.2, 0.25) is 0 Å². The van der Waals surface area contributed by atoms with Gasteiger partial charge in [-0.1, -0.05) is 68.0 Å². The Balaban J connectivity index is 0.000000431. The Morgan fingerprint density at radius 2 is 1.73 bits per heavy atom. The maximum absolute atomic E-state index is 3.40. The minimum atomic E-state index is 0. The van der Waals surface area contributed by atoms with Crippen molar-refractivity contribution in [2.75, 3.05) is 0 Å². The normalized spacial score (nSPS) is 14.8. The monoisotopic (exact) mass is 392 g/mol. The Labute approximate surface area is 174 Å². The predicted octanol–water partition coefficient (Wildman–Crippen LogP) is 6.30. The second kappa shape index (κ2) is 13.1. The van der Waals surface area contributed by atoms with Crippen molar-refractivity contribution < 1.29 is 19.2 Å². The molecule has 2 aliphatic carbocycles. The van der Waals surface area contributed by atoms with Crippen molar-refractivity contribution in [2.24, 2.45) is 5.92 Å². The molecule has 2 heteroatoms. The molecule has 0 fully saturated rings. The zero-order valence-corrected chi connectivity index (χ0v) is 19.0.